The molecule has 1 aliphatic heterocycles. The molecule has 5 heteroatoms. The Morgan fingerprint density at radius 3 is 2.50 bits per heavy atom. The molecule has 1 heterocycles. The number of likely N-dealkylation sites (tertiary alicyclic amines) is 1. The zero-order valence-electron chi connectivity index (χ0n) is 18.8. The highest BCUT2D eigenvalue weighted by atomic mass is 16.5. The molecule has 1 saturated heterocycles. The van der Waals surface area contributed by atoms with Crippen LogP contribution in [-0.2, 0) is 13.1 Å². The number of rotatable bonds is 10. The Bertz CT molecular complexity index is 780. The molecule has 1 unspecified atom stereocenters. The van der Waals surface area contributed by atoms with E-state index in [4.69, 9.17) is 4.74 Å². The van der Waals surface area contributed by atoms with E-state index in [1.54, 1.807) is 13.2 Å². The molecule has 3 rings (SSSR count). The van der Waals surface area contributed by atoms with E-state index in [0.717, 1.165) is 57.1 Å². The number of nitrogens with zero attached hydrogens (tertiary/aromatic N) is 3. The van der Waals surface area contributed by atoms with Crippen LogP contribution in [0.25, 0.3) is 0 Å². The molecule has 1 aliphatic rings. The molecule has 0 aromatic heterocycles. The van der Waals surface area contributed by atoms with Gasteiger partial charge in [0, 0.05) is 50.4 Å². The van der Waals surface area contributed by atoms with Gasteiger partial charge in [-0.25, -0.2) is 0 Å². The summed E-state index contributed by atoms with van der Waals surface area (Å²) in [6.45, 7) is 7.07. The Balaban J connectivity index is 1.62. The lowest BCUT2D eigenvalue weighted by Gasteiger charge is -2.36. The third kappa shape index (κ3) is 6.73. The van der Waals surface area contributed by atoms with E-state index in [1.165, 1.54) is 18.4 Å². The van der Waals surface area contributed by atoms with Crippen molar-refractivity contribution in [3.63, 3.8) is 0 Å². The number of methoxy groups -OCH3 is 1. The van der Waals surface area contributed by atoms with Crippen LogP contribution in [0.1, 0.15) is 24.0 Å². The average Bonchev–Trinajstić information content (AvgIpc) is 2.74. The van der Waals surface area contributed by atoms with Crippen LogP contribution in [0.4, 0.5) is 0 Å². The van der Waals surface area contributed by atoms with Crippen molar-refractivity contribution in [1.29, 1.82) is 0 Å². The first-order valence-electron chi connectivity index (χ1n) is 11.0. The van der Waals surface area contributed by atoms with Crippen molar-refractivity contribution in [2.75, 3.05) is 53.9 Å². The maximum atomic E-state index is 10.2. The second-order valence-corrected chi connectivity index (χ2v) is 8.72. The fourth-order valence-electron chi connectivity index (χ4n) is 4.35. The Labute approximate surface area is 181 Å². The van der Waals surface area contributed by atoms with E-state index >= 15 is 0 Å². The number of hydrogen-bond acceptors (Lipinski definition) is 5. The topological polar surface area (TPSA) is 39.2 Å². The van der Waals surface area contributed by atoms with Crippen LogP contribution >= 0.6 is 0 Å². The molecule has 0 aliphatic carbocycles. The third-order valence-electron chi connectivity index (χ3n) is 5.95. The number of ether oxygens (including phenoxy) is 1. The minimum absolute atomic E-state index is 0.397. The van der Waals surface area contributed by atoms with Gasteiger partial charge in [0.15, 0.2) is 0 Å². The van der Waals surface area contributed by atoms with Gasteiger partial charge < -0.3 is 14.7 Å². The predicted molar refractivity (Wildman–Crippen MR) is 123 cm³/mol. The summed E-state index contributed by atoms with van der Waals surface area (Å²) in [5.41, 5.74) is 2.28. The fourth-order valence-corrected chi connectivity index (χ4v) is 4.35. The first kappa shape index (κ1) is 22.6. The molecule has 0 radical (unpaired) electrons. The van der Waals surface area contributed by atoms with E-state index in [9.17, 15) is 5.11 Å². The standard InChI is InChI=1S/C25H37N3O2/c1-26(2)15-16-28(19-22-10-4-6-12-24(22)29)18-21-9-8-14-27(17-21)20-23-11-5-7-13-25(23)30-3/h4-7,10-13,21,29H,8-9,14-20H2,1-3H3. The molecule has 164 valence electrons. The van der Waals surface area contributed by atoms with Crippen LogP contribution in [0.5, 0.6) is 11.5 Å². The first-order chi connectivity index (χ1) is 14.5. The Morgan fingerprint density at radius 1 is 1.03 bits per heavy atom. The van der Waals surface area contributed by atoms with Gasteiger partial charge in [-0.05, 0) is 51.5 Å². The number of likely N-dealkylation sites (N-methyl/N-ethyl adjacent to an activating group) is 1. The second kappa shape index (κ2) is 11.3. The predicted octanol–water partition coefficient (Wildman–Crippen LogP) is 3.68. The summed E-state index contributed by atoms with van der Waals surface area (Å²) in [5, 5.41) is 10.2. The number of para-hydroxylation sites is 2. The van der Waals surface area contributed by atoms with Crippen molar-refractivity contribution in [2.45, 2.75) is 25.9 Å². The number of benzene rings is 2. The molecule has 2 aromatic rings. The van der Waals surface area contributed by atoms with Crippen LogP contribution in [0.3, 0.4) is 0 Å². The lowest BCUT2D eigenvalue weighted by Crippen LogP contribution is -2.42. The summed E-state index contributed by atoms with van der Waals surface area (Å²) < 4.78 is 5.55. The van der Waals surface area contributed by atoms with Crippen LogP contribution in [-0.4, -0.2) is 73.7 Å². The van der Waals surface area contributed by atoms with Crippen molar-refractivity contribution >= 4 is 0 Å². The maximum Gasteiger partial charge on any atom is 0.123 e. The summed E-state index contributed by atoms with van der Waals surface area (Å²) in [6.07, 6.45) is 2.50. The fraction of sp³-hybridized carbons (Fsp3) is 0.520. The van der Waals surface area contributed by atoms with Crippen molar-refractivity contribution in [3.05, 3.63) is 59.7 Å². The quantitative estimate of drug-likeness (QED) is 0.646. The van der Waals surface area contributed by atoms with E-state index in [-0.39, 0.29) is 0 Å². The normalized spacial score (nSPS) is 17.6. The average molecular weight is 412 g/mol. The second-order valence-electron chi connectivity index (χ2n) is 8.72. The van der Waals surface area contributed by atoms with E-state index < -0.39 is 0 Å². The SMILES string of the molecule is COc1ccccc1CN1CCCC(CN(CCN(C)C)Cc2ccccc2O)C1. The molecule has 30 heavy (non-hydrogen) atoms. The van der Waals surface area contributed by atoms with Gasteiger partial charge in [-0.3, -0.25) is 9.80 Å². The summed E-state index contributed by atoms with van der Waals surface area (Å²) >= 11 is 0. The number of phenols is 1. The van der Waals surface area contributed by atoms with Gasteiger partial charge in [-0.1, -0.05) is 36.4 Å². The largest absolute Gasteiger partial charge is 0.508 e. The van der Waals surface area contributed by atoms with Crippen LogP contribution in [0.15, 0.2) is 48.5 Å². The molecular formula is C25H37N3O2. The Kier molecular flexibility index (Phi) is 8.55. The van der Waals surface area contributed by atoms with Gasteiger partial charge in [0.25, 0.3) is 0 Å². The third-order valence-corrected chi connectivity index (χ3v) is 5.95. The van der Waals surface area contributed by atoms with Gasteiger partial charge in [0.1, 0.15) is 11.5 Å². The lowest BCUT2D eigenvalue weighted by atomic mass is 9.96. The lowest BCUT2D eigenvalue weighted by molar-refractivity contribution is 0.119. The Morgan fingerprint density at radius 2 is 1.77 bits per heavy atom. The minimum atomic E-state index is 0.397. The van der Waals surface area contributed by atoms with Crippen LogP contribution < -0.4 is 4.74 Å². The molecule has 0 spiro atoms. The van der Waals surface area contributed by atoms with Crippen molar-refractivity contribution < 1.29 is 9.84 Å². The molecular weight excluding hydrogens is 374 g/mol. The highest BCUT2D eigenvalue weighted by molar-refractivity contribution is 5.33. The molecule has 1 N–H and O–H groups in total. The smallest absolute Gasteiger partial charge is 0.123 e. The number of hydrogen-bond donors (Lipinski definition) is 1. The molecule has 0 amide bonds. The first-order valence-corrected chi connectivity index (χ1v) is 11.0. The van der Waals surface area contributed by atoms with Crippen molar-refractivity contribution in [1.82, 2.24) is 14.7 Å². The summed E-state index contributed by atoms with van der Waals surface area (Å²) in [5.74, 6) is 2.02. The van der Waals surface area contributed by atoms with Crippen molar-refractivity contribution in [2.24, 2.45) is 5.92 Å². The molecule has 5 nitrogen and oxygen atoms in total. The summed E-state index contributed by atoms with van der Waals surface area (Å²) in [4.78, 5) is 7.30. The summed E-state index contributed by atoms with van der Waals surface area (Å²) in [7, 11) is 5.99. The summed E-state index contributed by atoms with van der Waals surface area (Å²) in [6, 6.07) is 16.1. The highest BCUT2D eigenvalue weighted by Gasteiger charge is 2.23. The maximum absolute atomic E-state index is 10.2. The zero-order chi connectivity index (χ0) is 21.3. The van der Waals surface area contributed by atoms with Crippen LogP contribution in [0, 0.1) is 5.92 Å². The van der Waals surface area contributed by atoms with E-state index in [0.29, 0.717) is 11.7 Å². The van der Waals surface area contributed by atoms with E-state index in [1.807, 2.05) is 30.3 Å². The van der Waals surface area contributed by atoms with Crippen molar-refractivity contribution in [3.8, 4) is 11.5 Å². The van der Waals surface area contributed by atoms with Gasteiger partial charge in [-0.2, -0.15) is 0 Å². The molecule has 0 saturated carbocycles. The van der Waals surface area contributed by atoms with Gasteiger partial charge in [0.2, 0.25) is 0 Å². The van der Waals surface area contributed by atoms with Crippen LogP contribution in [0.2, 0.25) is 0 Å². The number of phenolic OH excluding ortho intramolecular Hbond substituents is 1. The van der Waals surface area contributed by atoms with Gasteiger partial charge in [0.05, 0.1) is 7.11 Å². The molecule has 1 atom stereocenters. The van der Waals surface area contributed by atoms with Gasteiger partial charge in [-0.15, -0.1) is 0 Å². The monoisotopic (exact) mass is 411 g/mol. The highest BCUT2D eigenvalue weighted by Crippen LogP contribution is 2.25. The van der Waals surface area contributed by atoms with E-state index in [2.05, 4.69) is 40.9 Å². The number of aromatic hydroxyl groups is 1. The van der Waals surface area contributed by atoms with Gasteiger partial charge >= 0.3 is 0 Å². The zero-order valence-corrected chi connectivity index (χ0v) is 18.8. The molecule has 2 aromatic carbocycles. The molecule has 1 fully saturated rings. The minimum Gasteiger partial charge on any atom is -0.508 e. The number of piperidine rings is 1. The Hall–Kier alpha value is -2.08. The molecule has 0 bridgehead atoms.